The zero-order valence-electron chi connectivity index (χ0n) is 35.4. The number of hydrogen-bond acceptors (Lipinski definition) is 12. The van der Waals surface area contributed by atoms with E-state index < -0.39 is 42.0 Å². The van der Waals surface area contributed by atoms with Gasteiger partial charge in [0.1, 0.15) is 29.5 Å². The lowest BCUT2D eigenvalue weighted by molar-refractivity contribution is -0.138. The summed E-state index contributed by atoms with van der Waals surface area (Å²) in [5, 5.41) is 19.6. The number of aromatic nitrogens is 1. The Morgan fingerprint density at radius 3 is 2.53 bits per heavy atom. The van der Waals surface area contributed by atoms with Gasteiger partial charge in [0.05, 0.1) is 25.2 Å². The molecule has 7 N–H and O–H groups in total. The van der Waals surface area contributed by atoms with Gasteiger partial charge >= 0.3 is 6.09 Å². The highest BCUT2D eigenvalue weighted by Gasteiger charge is 2.36. The van der Waals surface area contributed by atoms with E-state index in [9.17, 15) is 29.1 Å². The van der Waals surface area contributed by atoms with Crippen molar-refractivity contribution in [3.8, 4) is 0 Å². The molecule has 1 aromatic carbocycles. The number of benzene rings is 1. The third-order valence-corrected chi connectivity index (χ3v) is 11.9. The lowest BCUT2D eigenvalue weighted by Gasteiger charge is -2.36. The van der Waals surface area contributed by atoms with Gasteiger partial charge in [0, 0.05) is 36.6 Å². The number of aliphatic hydroxyl groups excluding tert-OH is 1. The van der Waals surface area contributed by atoms with E-state index in [-0.39, 0.29) is 55.5 Å². The van der Waals surface area contributed by atoms with Crippen molar-refractivity contribution >= 4 is 41.1 Å². The van der Waals surface area contributed by atoms with Crippen LogP contribution in [0.4, 0.5) is 4.79 Å². The number of carbonyl (C=O) groups is 5. The van der Waals surface area contributed by atoms with Gasteiger partial charge in [0.15, 0.2) is 0 Å². The molecule has 0 bridgehead atoms. The van der Waals surface area contributed by atoms with Crippen LogP contribution in [0.1, 0.15) is 118 Å². The third-order valence-electron chi connectivity index (χ3n) is 11.0. The summed E-state index contributed by atoms with van der Waals surface area (Å²) in [7, 11) is 1.95. The Labute approximate surface area is 352 Å². The molecule has 0 radical (unpaired) electrons. The number of nitrogens with zero attached hydrogens (tertiary/aromatic N) is 3. The fourth-order valence-electron chi connectivity index (χ4n) is 7.56. The van der Waals surface area contributed by atoms with Gasteiger partial charge in [-0.05, 0) is 76.6 Å². The normalized spacial score (nSPS) is 19.3. The number of aliphatic hydroxyl groups is 1. The number of likely N-dealkylation sites (tertiary alicyclic amines) is 1. The number of carbonyl (C=O) groups excluding carboxylic acids is 5. The van der Waals surface area contributed by atoms with Gasteiger partial charge in [-0.2, -0.15) is 0 Å². The summed E-state index contributed by atoms with van der Waals surface area (Å²) in [4.78, 5) is 75.2. The molecule has 1 aliphatic carbocycles. The third kappa shape index (κ3) is 13.3. The van der Waals surface area contributed by atoms with Crippen LogP contribution in [0.2, 0.25) is 0 Å². The lowest BCUT2D eigenvalue weighted by Crippen LogP contribution is -2.56. The fourth-order valence-corrected chi connectivity index (χ4v) is 8.34. The molecule has 0 spiro atoms. The molecule has 6 atom stereocenters. The van der Waals surface area contributed by atoms with Crippen LogP contribution in [0, 0.1) is 5.92 Å². The van der Waals surface area contributed by atoms with Gasteiger partial charge in [-0.25, -0.2) is 15.2 Å². The van der Waals surface area contributed by atoms with Crippen LogP contribution in [0.5, 0.6) is 0 Å². The number of allylic oxidation sites excluding steroid dienone is 1. The summed E-state index contributed by atoms with van der Waals surface area (Å²) in [6.45, 7) is 11.8. The molecule has 0 saturated carbocycles. The molecule has 1 saturated heterocycles. The summed E-state index contributed by atoms with van der Waals surface area (Å²) in [5.74, 6) is -2.07. The van der Waals surface area contributed by atoms with Crippen LogP contribution in [0.15, 0.2) is 40.9 Å². The zero-order valence-corrected chi connectivity index (χ0v) is 36.2. The van der Waals surface area contributed by atoms with E-state index in [2.05, 4.69) is 31.4 Å². The maximum Gasteiger partial charge on any atom is 0.426 e. The Balaban J connectivity index is 1.41. The van der Waals surface area contributed by atoms with E-state index in [1.807, 2.05) is 65.9 Å². The molecule has 1 aliphatic heterocycles. The Bertz CT molecular complexity index is 1770. The first kappa shape index (κ1) is 47.3. The Morgan fingerprint density at radius 1 is 1.07 bits per heavy atom. The van der Waals surface area contributed by atoms with Gasteiger partial charge in [-0.3, -0.25) is 29.5 Å². The standard InChI is InChI=1S/C42H64N8O8S/c1-7-17-50(41(55)36(27(5)8-2)46-39(54)33-15-11-12-18-49(33)6)34(26(3)4)24-35(51)40-45-32(25-59-40)38(53)44-29-22-28-13-9-10-14-30(28)31(23-29)37(52)47-48-42(56)58-21-20-57-19-16-43/h9-10,13-14,25,27,29,31,33,35-36,51H,7-8,11-12,15-24,43H2,1-6H3,(H,44,53)(H,46,54)(H,47,52)(H,48,56)/t27-,29?,31+,33+,35?,36-/m0/s1. The van der Waals surface area contributed by atoms with Crippen LogP contribution in [-0.4, -0.2) is 114 Å². The quantitative estimate of drug-likeness (QED) is 0.0886. The van der Waals surface area contributed by atoms with Gasteiger partial charge < -0.3 is 35.8 Å². The maximum absolute atomic E-state index is 14.4. The van der Waals surface area contributed by atoms with Crippen molar-refractivity contribution in [2.75, 3.05) is 46.5 Å². The second kappa shape index (κ2) is 23.4. The summed E-state index contributed by atoms with van der Waals surface area (Å²) in [6, 6.07) is 6.00. The molecule has 2 unspecified atom stereocenters. The molecule has 2 heterocycles. The highest BCUT2D eigenvalue weighted by Crippen LogP contribution is 2.33. The number of thiazole rings is 1. The largest absolute Gasteiger partial charge is 0.446 e. The molecule has 59 heavy (non-hydrogen) atoms. The number of amides is 5. The van der Waals surface area contributed by atoms with Gasteiger partial charge in [0.2, 0.25) is 17.7 Å². The lowest BCUT2D eigenvalue weighted by atomic mass is 9.79. The van der Waals surface area contributed by atoms with Crippen LogP contribution in [-0.2, 0) is 30.3 Å². The molecule has 1 fully saturated rings. The predicted octanol–water partition coefficient (Wildman–Crippen LogP) is 3.68. The van der Waals surface area contributed by atoms with Crippen molar-refractivity contribution in [1.82, 2.24) is 36.3 Å². The van der Waals surface area contributed by atoms with E-state index >= 15 is 0 Å². The van der Waals surface area contributed by atoms with E-state index in [0.717, 1.165) is 53.8 Å². The molecule has 5 amide bonds. The molecule has 1 aromatic heterocycles. The minimum atomic E-state index is -1.11. The number of nitrogens with one attached hydrogen (secondary N) is 4. The van der Waals surface area contributed by atoms with Crippen LogP contribution < -0.4 is 27.2 Å². The second-order valence-electron chi connectivity index (χ2n) is 15.6. The van der Waals surface area contributed by atoms with Crippen molar-refractivity contribution in [2.45, 2.75) is 116 Å². The second-order valence-corrected chi connectivity index (χ2v) is 16.5. The van der Waals surface area contributed by atoms with Gasteiger partial charge in [-0.15, -0.1) is 11.3 Å². The first-order chi connectivity index (χ1) is 28.3. The van der Waals surface area contributed by atoms with Crippen LogP contribution in [0.3, 0.4) is 0 Å². The number of rotatable bonds is 19. The molecule has 16 nitrogen and oxygen atoms in total. The predicted molar refractivity (Wildman–Crippen MR) is 225 cm³/mol. The number of fused-ring (bicyclic) bond motifs is 1. The van der Waals surface area contributed by atoms with Gasteiger partial charge in [0.25, 0.3) is 5.91 Å². The number of ether oxygens (including phenoxy) is 2. The number of hydrazine groups is 1. The smallest absolute Gasteiger partial charge is 0.426 e. The Morgan fingerprint density at radius 2 is 1.83 bits per heavy atom. The van der Waals surface area contributed by atoms with E-state index in [1.54, 1.807) is 10.3 Å². The number of likely N-dealkylation sites (N-methyl/N-ethyl adjacent to an activating group) is 1. The van der Waals surface area contributed by atoms with E-state index in [1.165, 1.54) is 0 Å². The fraction of sp³-hybridized carbons (Fsp3) is 0.619. The average Bonchev–Trinajstić information content (AvgIpc) is 3.73. The van der Waals surface area contributed by atoms with E-state index in [0.29, 0.717) is 49.7 Å². The Hall–Kier alpha value is -4.42. The monoisotopic (exact) mass is 840 g/mol. The summed E-state index contributed by atoms with van der Waals surface area (Å²) >= 11 is 1.15. The summed E-state index contributed by atoms with van der Waals surface area (Å²) < 4.78 is 10.2. The molecule has 2 aliphatic rings. The molecule has 17 heteroatoms. The summed E-state index contributed by atoms with van der Waals surface area (Å²) in [5.41, 5.74) is 13.4. The van der Waals surface area contributed by atoms with Crippen molar-refractivity contribution in [3.63, 3.8) is 0 Å². The Kier molecular flexibility index (Phi) is 18.7. The zero-order chi connectivity index (χ0) is 43.1. The van der Waals surface area contributed by atoms with Crippen molar-refractivity contribution in [3.05, 3.63) is 62.7 Å². The highest BCUT2D eigenvalue weighted by molar-refractivity contribution is 7.09. The minimum Gasteiger partial charge on any atom is -0.446 e. The van der Waals surface area contributed by atoms with Crippen LogP contribution >= 0.6 is 11.3 Å². The number of hydrogen-bond donors (Lipinski definition) is 6. The summed E-state index contributed by atoms with van der Waals surface area (Å²) in [6.07, 6.45) is 2.97. The maximum atomic E-state index is 14.4. The van der Waals surface area contributed by atoms with Crippen molar-refractivity contribution < 1.29 is 38.6 Å². The molecule has 2 aromatic rings. The molecular formula is C42H64N8O8S. The van der Waals surface area contributed by atoms with Crippen molar-refractivity contribution in [1.29, 1.82) is 0 Å². The van der Waals surface area contributed by atoms with Crippen LogP contribution in [0.25, 0.3) is 0 Å². The number of nitrogens with two attached hydrogens (primary N) is 1. The highest BCUT2D eigenvalue weighted by atomic mass is 32.1. The minimum absolute atomic E-state index is 0.0111. The topological polar surface area (TPSA) is 218 Å². The number of piperidine rings is 1. The van der Waals surface area contributed by atoms with Gasteiger partial charge in [-0.1, -0.05) is 63.5 Å². The van der Waals surface area contributed by atoms with Crippen molar-refractivity contribution in [2.24, 2.45) is 11.7 Å². The average molecular weight is 841 g/mol. The first-order valence-electron chi connectivity index (χ1n) is 20.8. The molecular weight excluding hydrogens is 777 g/mol. The SMILES string of the molecule is CCCN(C(=O)[C@@H](NC(=O)[C@H]1CCCCN1C)[C@@H](C)CC)C(CC(O)c1nc(C(=O)NC2Cc3ccccc3[C@H](C(=O)NNC(=O)OCCOCCN)C2)cs1)=C(C)C. The molecule has 4 rings (SSSR count). The first-order valence-corrected chi connectivity index (χ1v) is 21.7. The van der Waals surface area contributed by atoms with E-state index in [4.69, 9.17) is 15.2 Å². The molecule has 326 valence electrons.